The van der Waals surface area contributed by atoms with Gasteiger partial charge >= 0.3 is 5.38 Å². The van der Waals surface area contributed by atoms with E-state index in [0.717, 1.165) is 6.08 Å². The first kappa shape index (κ1) is 13.2. The van der Waals surface area contributed by atoms with Gasteiger partial charge in [0, 0.05) is 5.92 Å². The van der Waals surface area contributed by atoms with Crippen molar-refractivity contribution >= 4 is 40.0 Å². The van der Waals surface area contributed by atoms with Crippen LogP contribution >= 0.6 is 34.8 Å². The summed E-state index contributed by atoms with van der Waals surface area (Å²) < 4.78 is 25.1. The van der Waals surface area contributed by atoms with Crippen molar-refractivity contribution in [2.75, 3.05) is 0 Å². The lowest BCUT2D eigenvalue weighted by molar-refractivity contribution is -0.113. The molecule has 1 aliphatic carbocycles. The molecule has 1 rings (SSSR count). The first-order valence-electron chi connectivity index (χ1n) is 4.22. The number of halogens is 5. The van der Waals surface area contributed by atoms with Crippen LogP contribution in [-0.4, -0.2) is 10.6 Å². The molecule has 15 heavy (non-hydrogen) atoms. The smallest absolute Gasteiger partial charge is 0.281 e. The third kappa shape index (κ3) is 2.63. The lowest BCUT2D eigenvalue weighted by Crippen LogP contribution is -2.06. The second-order valence-corrected chi connectivity index (χ2v) is 5.40. The van der Waals surface area contributed by atoms with Gasteiger partial charge in [0.15, 0.2) is 0 Å². The second-order valence-electron chi connectivity index (χ2n) is 4.14. The van der Waals surface area contributed by atoms with Crippen molar-refractivity contribution < 1.29 is 13.6 Å². The maximum atomic E-state index is 12.5. The minimum Gasteiger partial charge on any atom is -0.281 e. The normalized spacial score (nSPS) is 30.2. The van der Waals surface area contributed by atoms with Gasteiger partial charge in [-0.15, -0.1) is 0 Å². The molecule has 1 fully saturated rings. The van der Waals surface area contributed by atoms with Gasteiger partial charge < -0.3 is 0 Å². The fourth-order valence-electron chi connectivity index (χ4n) is 1.67. The zero-order chi connectivity index (χ0) is 12.0. The van der Waals surface area contributed by atoms with E-state index in [1.54, 1.807) is 13.8 Å². The zero-order valence-corrected chi connectivity index (χ0v) is 10.3. The van der Waals surface area contributed by atoms with Crippen LogP contribution in [0.1, 0.15) is 13.8 Å². The fraction of sp³-hybridized carbons (Fsp3) is 0.667. The van der Waals surface area contributed by atoms with Gasteiger partial charge in [-0.3, -0.25) is 4.79 Å². The molecule has 0 heterocycles. The van der Waals surface area contributed by atoms with Crippen LogP contribution in [0.5, 0.6) is 0 Å². The Bertz CT molecular complexity index is 320. The van der Waals surface area contributed by atoms with Gasteiger partial charge in [0.1, 0.15) is 0 Å². The molecule has 0 bridgehead atoms. The Morgan fingerprint density at radius 1 is 1.40 bits per heavy atom. The van der Waals surface area contributed by atoms with E-state index >= 15 is 0 Å². The second kappa shape index (κ2) is 3.86. The van der Waals surface area contributed by atoms with Gasteiger partial charge in [0.25, 0.3) is 0 Å². The van der Waals surface area contributed by atoms with E-state index in [2.05, 4.69) is 0 Å². The van der Waals surface area contributed by atoms with Crippen LogP contribution in [0.3, 0.4) is 0 Å². The highest BCUT2D eigenvalue weighted by Crippen LogP contribution is 2.60. The van der Waals surface area contributed by atoms with Crippen LogP contribution in [0.15, 0.2) is 11.1 Å². The average molecular weight is 278 g/mol. The Kier molecular flexibility index (Phi) is 3.40. The molecule has 0 N–H and O–H groups in total. The molecule has 1 saturated carbocycles. The van der Waals surface area contributed by atoms with Gasteiger partial charge in [0.05, 0.1) is 5.03 Å². The average Bonchev–Trinajstić information content (AvgIpc) is 2.50. The Labute approximate surface area is 101 Å². The van der Waals surface area contributed by atoms with Crippen molar-refractivity contribution in [3.05, 3.63) is 11.1 Å². The summed E-state index contributed by atoms with van der Waals surface area (Å²) in [5.74, 6) is -0.841. The van der Waals surface area contributed by atoms with Crippen molar-refractivity contribution in [3.8, 4) is 0 Å². The third-order valence-electron chi connectivity index (χ3n) is 2.75. The van der Waals surface area contributed by atoms with E-state index in [9.17, 15) is 13.6 Å². The molecule has 0 saturated heterocycles. The lowest BCUT2D eigenvalue weighted by Gasteiger charge is -2.05. The number of rotatable bonds is 3. The van der Waals surface area contributed by atoms with E-state index in [0.29, 0.717) is 0 Å². The quantitative estimate of drug-likeness (QED) is 0.563. The molecule has 0 amide bonds. The van der Waals surface area contributed by atoms with Crippen molar-refractivity contribution in [1.82, 2.24) is 0 Å². The number of hydrogen-bond acceptors (Lipinski definition) is 1. The fourth-order valence-corrected chi connectivity index (χ4v) is 2.29. The highest BCUT2D eigenvalue weighted by Gasteiger charge is 2.60. The Balaban J connectivity index is 2.83. The molecule has 1 nitrogen and oxygen atoms in total. The topological polar surface area (TPSA) is 17.1 Å². The molecule has 0 aliphatic heterocycles. The predicted molar refractivity (Wildman–Crippen MR) is 56.4 cm³/mol. The van der Waals surface area contributed by atoms with E-state index in [1.165, 1.54) is 0 Å². The van der Waals surface area contributed by atoms with Crippen LogP contribution in [-0.2, 0) is 4.79 Å². The molecule has 0 spiro atoms. The third-order valence-corrected chi connectivity index (χ3v) is 3.65. The van der Waals surface area contributed by atoms with Crippen molar-refractivity contribution in [2.45, 2.75) is 19.2 Å². The molecular formula is C9H9Cl3F2O. The van der Waals surface area contributed by atoms with Crippen molar-refractivity contribution in [2.24, 2.45) is 17.3 Å². The van der Waals surface area contributed by atoms with E-state index in [1.807, 2.05) is 0 Å². The summed E-state index contributed by atoms with van der Waals surface area (Å²) in [6.07, 6.45) is 1.11. The number of alkyl halides is 3. The molecule has 0 aromatic carbocycles. The van der Waals surface area contributed by atoms with E-state index in [-0.39, 0.29) is 5.92 Å². The number of carbonyl (C=O) groups is 1. The predicted octanol–water partition coefficient (Wildman–Crippen LogP) is 3.98. The summed E-state index contributed by atoms with van der Waals surface area (Å²) in [6, 6.07) is 0. The zero-order valence-electron chi connectivity index (χ0n) is 8.03. The molecule has 6 heteroatoms. The summed E-state index contributed by atoms with van der Waals surface area (Å²) in [5.41, 5.74) is -0.429. The van der Waals surface area contributed by atoms with Crippen LogP contribution in [0.25, 0.3) is 0 Å². The van der Waals surface area contributed by atoms with Crippen LogP contribution < -0.4 is 0 Å². The Hall–Kier alpha value is 0.140. The molecule has 0 aromatic heterocycles. The molecule has 2 atom stereocenters. The van der Waals surface area contributed by atoms with Crippen molar-refractivity contribution in [1.29, 1.82) is 0 Å². The highest BCUT2D eigenvalue weighted by atomic mass is 35.5. The number of carbonyl (C=O) groups excluding carboxylic acids is 1. The number of hydrogen-bond donors (Lipinski definition) is 0. The van der Waals surface area contributed by atoms with Gasteiger partial charge in [0.2, 0.25) is 5.24 Å². The SMILES string of the molecule is CC1(C)C(C=C(Cl)C(F)(F)Cl)C1C(=O)Cl. The highest BCUT2D eigenvalue weighted by molar-refractivity contribution is 6.64. The summed E-state index contributed by atoms with van der Waals surface area (Å²) in [5, 5.41) is -4.88. The molecular weight excluding hydrogens is 268 g/mol. The molecule has 0 radical (unpaired) electrons. The van der Waals surface area contributed by atoms with Gasteiger partial charge in [-0.25, -0.2) is 0 Å². The van der Waals surface area contributed by atoms with Crippen LogP contribution in [0.2, 0.25) is 0 Å². The van der Waals surface area contributed by atoms with Crippen molar-refractivity contribution in [3.63, 3.8) is 0 Å². The first-order valence-corrected chi connectivity index (χ1v) is 5.35. The minimum absolute atomic E-state index is 0.375. The first-order chi connectivity index (χ1) is 6.58. The molecule has 1 aliphatic rings. The molecule has 86 valence electrons. The van der Waals surface area contributed by atoms with Gasteiger partial charge in [-0.05, 0) is 34.5 Å². The lowest BCUT2D eigenvalue weighted by atomic mass is 10.1. The molecule has 0 aromatic rings. The maximum Gasteiger partial charge on any atom is 0.358 e. The van der Waals surface area contributed by atoms with Gasteiger partial charge in [-0.2, -0.15) is 8.78 Å². The van der Waals surface area contributed by atoms with E-state index < -0.39 is 27.0 Å². The Morgan fingerprint density at radius 2 is 1.87 bits per heavy atom. The summed E-state index contributed by atoms with van der Waals surface area (Å²) in [6.45, 7) is 3.52. The maximum absolute atomic E-state index is 12.5. The summed E-state index contributed by atoms with van der Waals surface area (Å²) in [4.78, 5) is 10.9. The van der Waals surface area contributed by atoms with Crippen LogP contribution in [0, 0.1) is 17.3 Å². The summed E-state index contributed by atoms with van der Waals surface area (Å²) >= 11 is 15.4. The largest absolute Gasteiger partial charge is 0.358 e. The monoisotopic (exact) mass is 276 g/mol. The minimum atomic E-state index is -3.58. The van der Waals surface area contributed by atoms with Crippen LogP contribution in [0.4, 0.5) is 8.78 Å². The summed E-state index contributed by atoms with van der Waals surface area (Å²) in [7, 11) is 0. The standard InChI is InChI=1S/C9H9Cl3F2O/c1-8(2)4(6(8)7(11)15)3-5(10)9(12,13)14/h3-4,6H,1-2H3. The Morgan fingerprint density at radius 3 is 2.13 bits per heavy atom. The van der Waals surface area contributed by atoms with Gasteiger partial charge in [-0.1, -0.05) is 31.5 Å². The number of allylic oxidation sites excluding steroid dienone is 2. The van der Waals surface area contributed by atoms with E-state index in [4.69, 9.17) is 34.8 Å². The molecule has 2 unspecified atom stereocenters.